The van der Waals surface area contributed by atoms with Gasteiger partial charge in [-0.3, -0.25) is 0 Å². The van der Waals surface area contributed by atoms with Crippen molar-refractivity contribution in [2.24, 2.45) is 0 Å². The molecule has 0 fully saturated rings. The fraction of sp³-hybridized carbons (Fsp3) is 0.667. The van der Waals surface area contributed by atoms with E-state index in [1.165, 1.54) is 0 Å². The SMILES string of the molecule is CC(C)n1ncnc1CI. The molecule has 1 aromatic heterocycles. The smallest absolute Gasteiger partial charge is 0.138 e. The van der Waals surface area contributed by atoms with E-state index in [9.17, 15) is 0 Å². The van der Waals surface area contributed by atoms with Crippen molar-refractivity contribution >= 4 is 22.6 Å². The van der Waals surface area contributed by atoms with Gasteiger partial charge in [-0.25, -0.2) is 9.67 Å². The van der Waals surface area contributed by atoms with Crippen LogP contribution in [0.1, 0.15) is 25.7 Å². The Labute approximate surface area is 74.0 Å². The Kier molecular flexibility index (Phi) is 2.64. The van der Waals surface area contributed by atoms with Gasteiger partial charge in [0.05, 0.1) is 4.43 Å². The van der Waals surface area contributed by atoms with Gasteiger partial charge in [0.2, 0.25) is 0 Å². The third-order valence-corrected chi connectivity index (χ3v) is 1.94. The Morgan fingerprint density at radius 2 is 2.40 bits per heavy atom. The molecule has 0 radical (unpaired) electrons. The zero-order valence-electron chi connectivity index (χ0n) is 6.08. The van der Waals surface area contributed by atoms with E-state index in [2.05, 4.69) is 46.5 Å². The van der Waals surface area contributed by atoms with Gasteiger partial charge in [0.15, 0.2) is 0 Å². The topological polar surface area (TPSA) is 30.7 Å². The maximum absolute atomic E-state index is 4.10. The summed E-state index contributed by atoms with van der Waals surface area (Å²) in [5, 5.41) is 4.09. The molecule has 0 spiro atoms. The Morgan fingerprint density at radius 3 is 2.80 bits per heavy atom. The number of hydrogen-bond acceptors (Lipinski definition) is 2. The van der Waals surface area contributed by atoms with E-state index >= 15 is 0 Å². The van der Waals surface area contributed by atoms with Gasteiger partial charge in [0, 0.05) is 6.04 Å². The lowest BCUT2D eigenvalue weighted by Crippen LogP contribution is -2.06. The first-order valence-electron chi connectivity index (χ1n) is 3.20. The minimum absolute atomic E-state index is 0.423. The number of rotatable bonds is 2. The molecule has 1 rings (SSSR count). The van der Waals surface area contributed by atoms with Gasteiger partial charge in [-0.1, -0.05) is 22.6 Å². The van der Waals surface area contributed by atoms with Crippen LogP contribution in [0, 0.1) is 0 Å². The molecule has 0 aliphatic heterocycles. The van der Waals surface area contributed by atoms with E-state index in [-0.39, 0.29) is 0 Å². The minimum Gasteiger partial charge on any atom is -0.247 e. The highest BCUT2D eigenvalue weighted by molar-refractivity contribution is 14.1. The second-order valence-electron chi connectivity index (χ2n) is 2.35. The van der Waals surface area contributed by atoms with Crippen LogP contribution in [0.4, 0.5) is 0 Å². The Morgan fingerprint density at radius 1 is 1.70 bits per heavy atom. The van der Waals surface area contributed by atoms with E-state index in [4.69, 9.17) is 0 Å². The van der Waals surface area contributed by atoms with Crippen LogP contribution in [-0.4, -0.2) is 14.8 Å². The second kappa shape index (κ2) is 3.32. The maximum Gasteiger partial charge on any atom is 0.138 e. The fourth-order valence-electron chi connectivity index (χ4n) is 0.801. The van der Waals surface area contributed by atoms with Crippen molar-refractivity contribution < 1.29 is 0 Å². The third-order valence-electron chi connectivity index (χ3n) is 1.26. The fourth-order valence-corrected chi connectivity index (χ4v) is 1.35. The molecule has 0 bridgehead atoms. The molecule has 0 amide bonds. The monoisotopic (exact) mass is 251 g/mol. The molecule has 0 aromatic carbocycles. The van der Waals surface area contributed by atoms with Crippen LogP contribution in [0.2, 0.25) is 0 Å². The predicted octanol–water partition coefficient (Wildman–Crippen LogP) is 1.79. The van der Waals surface area contributed by atoms with Crippen molar-refractivity contribution in [3.8, 4) is 0 Å². The number of nitrogens with zero attached hydrogens (tertiary/aromatic N) is 3. The molecule has 0 atom stereocenters. The quantitative estimate of drug-likeness (QED) is 0.592. The summed E-state index contributed by atoms with van der Waals surface area (Å²) in [6.45, 7) is 4.20. The number of alkyl halides is 1. The van der Waals surface area contributed by atoms with Gasteiger partial charge in [-0.05, 0) is 13.8 Å². The van der Waals surface area contributed by atoms with E-state index in [1.807, 2.05) is 4.68 Å². The molecule has 0 aliphatic carbocycles. The van der Waals surface area contributed by atoms with Gasteiger partial charge >= 0.3 is 0 Å². The van der Waals surface area contributed by atoms with Gasteiger partial charge in [0.1, 0.15) is 12.2 Å². The Hall–Kier alpha value is -0.130. The molecule has 0 saturated heterocycles. The van der Waals surface area contributed by atoms with E-state index in [1.54, 1.807) is 6.33 Å². The van der Waals surface area contributed by atoms with Gasteiger partial charge < -0.3 is 0 Å². The van der Waals surface area contributed by atoms with Crippen molar-refractivity contribution in [1.29, 1.82) is 0 Å². The van der Waals surface area contributed by atoms with Crippen LogP contribution in [0.25, 0.3) is 0 Å². The summed E-state index contributed by atoms with van der Waals surface area (Å²) in [5.41, 5.74) is 0. The maximum atomic E-state index is 4.10. The number of halogens is 1. The molecule has 1 aromatic rings. The highest BCUT2D eigenvalue weighted by Crippen LogP contribution is 2.07. The zero-order chi connectivity index (χ0) is 7.56. The second-order valence-corrected chi connectivity index (χ2v) is 3.11. The van der Waals surface area contributed by atoms with E-state index in [0.29, 0.717) is 6.04 Å². The molecule has 4 heteroatoms. The summed E-state index contributed by atoms with van der Waals surface area (Å²) in [4.78, 5) is 4.10. The summed E-state index contributed by atoms with van der Waals surface area (Å²) < 4.78 is 2.86. The van der Waals surface area contributed by atoms with E-state index in [0.717, 1.165) is 10.3 Å². The van der Waals surface area contributed by atoms with Gasteiger partial charge in [0.25, 0.3) is 0 Å². The van der Waals surface area contributed by atoms with Crippen LogP contribution < -0.4 is 0 Å². The van der Waals surface area contributed by atoms with Gasteiger partial charge in [-0.2, -0.15) is 5.10 Å². The zero-order valence-corrected chi connectivity index (χ0v) is 8.24. The average molecular weight is 251 g/mol. The van der Waals surface area contributed by atoms with Crippen LogP contribution >= 0.6 is 22.6 Å². The number of aromatic nitrogens is 3. The van der Waals surface area contributed by atoms with Crippen LogP contribution in [0.5, 0.6) is 0 Å². The standard InChI is InChI=1S/C6H10IN3/c1-5(2)10-6(3-7)8-4-9-10/h4-5H,3H2,1-2H3. The molecule has 0 unspecified atom stereocenters. The summed E-state index contributed by atoms with van der Waals surface area (Å²) in [7, 11) is 0. The molecule has 1 heterocycles. The van der Waals surface area contributed by atoms with Crippen molar-refractivity contribution in [3.63, 3.8) is 0 Å². The third kappa shape index (κ3) is 1.47. The highest BCUT2D eigenvalue weighted by atomic mass is 127. The minimum atomic E-state index is 0.423. The molecule has 10 heavy (non-hydrogen) atoms. The summed E-state index contributed by atoms with van der Waals surface area (Å²) in [6.07, 6.45) is 1.61. The lowest BCUT2D eigenvalue weighted by atomic mass is 10.4. The lowest BCUT2D eigenvalue weighted by Gasteiger charge is -2.06. The van der Waals surface area contributed by atoms with Crippen molar-refractivity contribution in [2.75, 3.05) is 0 Å². The molecule has 0 N–H and O–H groups in total. The largest absolute Gasteiger partial charge is 0.247 e. The molecule has 3 nitrogen and oxygen atoms in total. The Bertz CT molecular complexity index is 207. The predicted molar refractivity (Wildman–Crippen MR) is 48.1 cm³/mol. The van der Waals surface area contributed by atoms with E-state index < -0.39 is 0 Å². The molecule has 0 saturated carbocycles. The van der Waals surface area contributed by atoms with Crippen LogP contribution in [0.15, 0.2) is 6.33 Å². The molecule has 0 aliphatic rings. The molecule has 56 valence electrons. The number of hydrogen-bond donors (Lipinski definition) is 0. The first-order chi connectivity index (χ1) is 4.75. The average Bonchev–Trinajstić information content (AvgIpc) is 2.33. The van der Waals surface area contributed by atoms with Crippen molar-refractivity contribution in [2.45, 2.75) is 24.3 Å². The van der Waals surface area contributed by atoms with Gasteiger partial charge in [-0.15, -0.1) is 0 Å². The normalized spacial score (nSPS) is 10.8. The first kappa shape index (κ1) is 7.97. The molecular weight excluding hydrogens is 241 g/mol. The highest BCUT2D eigenvalue weighted by Gasteiger charge is 2.03. The lowest BCUT2D eigenvalue weighted by molar-refractivity contribution is 0.516. The van der Waals surface area contributed by atoms with Crippen LogP contribution in [-0.2, 0) is 4.43 Å². The summed E-state index contributed by atoms with van der Waals surface area (Å²) >= 11 is 2.29. The van der Waals surface area contributed by atoms with Crippen LogP contribution in [0.3, 0.4) is 0 Å². The van der Waals surface area contributed by atoms with Crippen molar-refractivity contribution in [3.05, 3.63) is 12.2 Å². The van der Waals surface area contributed by atoms with Crippen molar-refractivity contribution in [1.82, 2.24) is 14.8 Å². The first-order valence-corrected chi connectivity index (χ1v) is 4.72. The summed E-state index contributed by atoms with van der Waals surface area (Å²) in [6, 6.07) is 0.423. The summed E-state index contributed by atoms with van der Waals surface area (Å²) in [5.74, 6) is 1.05. The Balaban J connectivity index is 2.90. The molecular formula is C6H10IN3.